The number of nitrogens with one attached hydrogen (secondary N) is 1. The van der Waals surface area contributed by atoms with Crippen molar-refractivity contribution in [2.24, 2.45) is 0 Å². The van der Waals surface area contributed by atoms with Crippen LogP contribution < -0.4 is 4.74 Å². The van der Waals surface area contributed by atoms with Crippen LogP contribution >= 0.6 is 0 Å². The Bertz CT molecular complexity index is 959. The monoisotopic (exact) mass is 335 g/mol. The number of ether oxygens (including phenoxy) is 2. The van der Waals surface area contributed by atoms with E-state index in [4.69, 9.17) is 13.9 Å². The van der Waals surface area contributed by atoms with Crippen LogP contribution in [-0.2, 0) is 4.74 Å². The molecule has 4 aromatic rings. The van der Waals surface area contributed by atoms with E-state index < -0.39 is 0 Å². The molecule has 126 valence electrons. The standard InChI is InChI=1S/C19H17N3O3/c1-23-9-10-24-15-6-4-13(5-7-15)18-21-16-11-14(12-20-19(16)22-18)17-3-2-8-25-17/h2-8,11-12H,9-10H2,1H3,(H,20,21,22). The Morgan fingerprint density at radius 1 is 1.08 bits per heavy atom. The van der Waals surface area contributed by atoms with E-state index in [0.29, 0.717) is 18.9 Å². The topological polar surface area (TPSA) is 73.2 Å². The molecule has 1 aromatic carbocycles. The maximum Gasteiger partial charge on any atom is 0.178 e. The van der Waals surface area contributed by atoms with Crippen molar-refractivity contribution in [3.05, 3.63) is 54.9 Å². The summed E-state index contributed by atoms with van der Waals surface area (Å²) in [4.78, 5) is 12.3. The van der Waals surface area contributed by atoms with E-state index in [-0.39, 0.29) is 0 Å². The van der Waals surface area contributed by atoms with Gasteiger partial charge in [0, 0.05) is 24.4 Å². The first kappa shape index (κ1) is 15.4. The molecular formula is C19H17N3O3. The molecule has 3 aromatic heterocycles. The molecule has 0 aliphatic rings. The summed E-state index contributed by atoms with van der Waals surface area (Å²) in [6.07, 6.45) is 3.41. The van der Waals surface area contributed by atoms with Crippen LogP contribution in [0.5, 0.6) is 5.75 Å². The van der Waals surface area contributed by atoms with Gasteiger partial charge in [-0.05, 0) is 42.5 Å². The lowest BCUT2D eigenvalue weighted by Crippen LogP contribution is -2.03. The van der Waals surface area contributed by atoms with Gasteiger partial charge >= 0.3 is 0 Å². The van der Waals surface area contributed by atoms with Crippen molar-refractivity contribution in [2.75, 3.05) is 20.3 Å². The largest absolute Gasteiger partial charge is 0.491 e. The minimum absolute atomic E-state index is 0.528. The predicted molar refractivity (Wildman–Crippen MR) is 94.4 cm³/mol. The molecule has 6 nitrogen and oxygen atoms in total. The van der Waals surface area contributed by atoms with Crippen LogP contribution in [0.4, 0.5) is 0 Å². The highest BCUT2D eigenvalue weighted by Gasteiger charge is 2.09. The molecule has 1 N–H and O–H groups in total. The maximum absolute atomic E-state index is 5.57. The first-order valence-corrected chi connectivity index (χ1v) is 7.95. The molecule has 0 amide bonds. The van der Waals surface area contributed by atoms with Crippen LogP contribution in [0, 0.1) is 0 Å². The number of benzene rings is 1. The number of fused-ring (bicyclic) bond motifs is 1. The average molecular weight is 335 g/mol. The Morgan fingerprint density at radius 2 is 1.96 bits per heavy atom. The van der Waals surface area contributed by atoms with E-state index in [0.717, 1.165) is 34.0 Å². The van der Waals surface area contributed by atoms with E-state index in [1.807, 2.05) is 42.5 Å². The number of furan rings is 1. The molecule has 3 heterocycles. The van der Waals surface area contributed by atoms with Crippen LogP contribution in [0.15, 0.2) is 59.3 Å². The van der Waals surface area contributed by atoms with Gasteiger partial charge in [-0.1, -0.05) is 0 Å². The number of H-pyrrole nitrogens is 1. The molecule has 0 fully saturated rings. The minimum Gasteiger partial charge on any atom is -0.491 e. The van der Waals surface area contributed by atoms with Crippen LogP contribution in [0.2, 0.25) is 0 Å². The Kier molecular flexibility index (Phi) is 4.18. The number of hydrogen-bond donors (Lipinski definition) is 1. The lowest BCUT2D eigenvalue weighted by Gasteiger charge is -2.05. The summed E-state index contributed by atoms with van der Waals surface area (Å²) in [5.74, 6) is 2.35. The number of aromatic amines is 1. The molecule has 0 aliphatic heterocycles. The summed E-state index contributed by atoms with van der Waals surface area (Å²) in [6, 6.07) is 13.5. The smallest absolute Gasteiger partial charge is 0.178 e. The molecule has 0 unspecified atom stereocenters. The zero-order valence-electron chi connectivity index (χ0n) is 13.7. The number of imidazole rings is 1. The maximum atomic E-state index is 5.57. The first-order valence-electron chi connectivity index (χ1n) is 7.95. The van der Waals surface area contributed by atoms with Gasteiger partial charge in [0.25, 0.3) is 0 Å². The molecule has 0 bridgehead atoms. The molecule has 0 radical (unpaired) electrons. The third-order valence-corrected chi connectivity index (χ3v) is 3.83. The van der Waals surface area contributed by atoms with Gasteiger partial charge in [-0.15, -0.1) is 0 Å². The third-order valence-electron chi connectivity index (χ3n) is 3.83. The molecule has 0 saturated carbocycles. The van der Waals surface area contributed by atoms with Gasteiger partial charge in [-0.2, -0.15) is 0 Å². The van der Waals surface area contributed by atoms with Gasteiger partial charge < -0.3 is 18.9 Å². The molecule has 0 aliphatic carbocycles. The summed E-state index contributed by atoms with van der Waals surface area (Å²) in [5.41, 5.74) is 3.42. The van der Waals surface area contributed by atoms with Crippen molar-refractivity contribution in [3.8, 4) is 28.5 Å². The number of hydrogen-bond acceptors (Lipinski definition) is 5. The van der Waals surface area contributed by atoms with Crippen molar-refractivity contribution >= 4 is 11.2 Å². The van der Waals surface area contributed by atoms with E-state index in [2.05, 4.69) is 15.0 Å². The summed E-state index contributed by atoms with van der Waals surface area (Å²) in [6.45, 7) is 1.09. The zero-order chi connectivity index (χ0) is 17.1. The second-order valence-corrected chi connectivity index (χ2v) is 5.52. The molecule has 0 spiro atoms. The average Bonchev–Trinajstić information content (AvgIpc) is 3.31. The highest BCUT2D eigenvalue weighted by molar-refractivity contribution is 5.80. The van der Waals surface area contributed by atoms with E-state index in [9.17, 15) is 0 Å². The highest BCUT2D eigenvalue weighted by Crippen LogP contribution is 2.25. The molecule has 0 atom stereocenters. The summed E-state index contributed by atoms with van der Waals surface area (Å²) in [5, 5.41) is 0. The molecule has 25 heavy (non-hydrogen) atoms. The first-order chi connectivity index (χ1) is 12.3. The number of rotatable bonds is 6. The zero-order valence-corrected chi connectivity index (χ0v) is 13.7. The van der Waals surface area contributed by atoms with E-state index in [1.54, 1.807) is 19.6 Å². The van der Waals surface area contributed by atoms with E-state index in [1.165, 1.54) is 0 Å². The van der Waals surface area contributed by atoms with Crippen LogP contribution in [0.1, 0.15) is 0 Å². The molecular weight excluding hydrogens is 318 g/mol. The lowest BCUT2D eigenvalue weighted by molar-refractivity contribution is 0.146. The Morgan fingerprint density at radius 3 is 2.72 bits per heavy atom. The van der Waals surface area contributed by atoms with Crippen LogP contribution in [0.3, 0.4) is 0 Å². The van der Waals surface area contributed by atoms with Crippen molar-refractivity contribution in [2.45, 2.75) is 0 Å². The third kappa shape index (κ3) is 3.25. The van der Waals surface area contributed by atoms with Gasteiger partial charge in [-0.25, -0.2) is 9.97 Å². The van der Waals surface area contributed by atoms with Gasteiger partial charge in [0.1, 0.15) is 23.9 Å². The Hall–Kier alpha value is -3.12. The second kappa shape index (κ2) is 6.78. The van der Waals surface area contributed by atoms with Gasteiger partial charge in [-0.3, -0.25) is 0 Å². The quantitative estimate of drug-likeness (QED) is 0.541. The van der Waals surface area contributed by atoms with Gasteiger partial charge in [0.05, 0.1) is 18.4 Å². The summed E-state index contributed by atoms with van der Waals surface area (Å²) < 4.78 is 16.0. The fourth-order valence-electron chi connectivity index (χ4n) is 2.57. The van der Waals surface area contributed by atoms with Crippen molar-refractivity contribution in [1.29, 1.82) is 0 Å². The SMILES string of the molecule is COCCOc1ccc(-c2nc3ncc(-c4ccco4)cc3[nH]2)cc1. The number of pyridine rings is 1. The number of aromatic nitrogens is 3. The van der Waals surface area contributed by atoms with Gasteiger partial charge in [0.2, 0.25) is 0 Å². The van der Waals surface area contributed by atoms with E-state index >= 15 is 0 Å². The molecule has 6 heteroatoms. The molecule has 4 rings (SSSR count). The van der Waals surface area contributed by atoms with Gasteiger partial charge in [0.15, 0.2) is 5.65 Å². The normalized spacial score (nSPS) is 11.1. The summed E-state index contributed by atoms with van der Waals surface area (Å²) >= 11 is 0. The minimum atomic E-state index is 0.528. The highest BCUT2D eigenvalue weighted by atomic mass is 16.5. The van der Waals surface area contributed by atoms with Crippen molar-refractivity contribution < 1.29 is 13.9 Å². The Labute approximate surface area is 144 Å². The fraction of sp³-hybridized carbons (Fsp3) is 0.158. The van der Waals surface area contributed by atoms with Crippen molar-refractivity contribution in [3.63, 3.8) is 0 Å². The second-order valence-electron chi connectivity index (χ2n) is 5.52. The molecule has 0 saturated heterocycles. The predicted octanol–water partition coefficient (Wildman–Crippen LogP) is 3.91. The lowest BCUT2D eigenvalue weighted by atomic mass is 10.2. The number of nitrogens with zero attached hydrogens (tertiary/aromatic N) is 2. The van der Waals surface area contributed by atoms with Crippen LogP contribution in [-0.4, -0.2) is 35.3 Å². The van der Waals surface area contributed by atoms with Crippen LogP contribution in [0.25, 0.3) is 33.9 Å². The fourth-order valence-corrected chi connectivity index (χ4v) is 2.57. The van der Waals surface area contributed by atoms with Crippen molar-refractivity contribution in [1.82, 2.24) is 15.0 Å². The Balaban J connectivity index is 1.59. The summed E-state index contributed by atoms with van der Waals surface area (Å²) in [7, 11) is 1.65. The number of methoxy groups -OCH3 is 1.